The Labute approximate surface area is 128 Å². The molecule has 1 atom stereocenters. The number of rotatable bonds is 6. The van der Waals surface area contributed by atoms with Crippen molar-refractivity contribution in [3.8, 4) is 0 Å². The van der Waals surface area contributed by atoms with Gasteiger partial charge in [-0.25, -0.2) is 4.39 Å². The minimum absolute atomic E-state index is 0.121. The minimum Gasteiger partial charge on any atom is -0.373 e. The summed E-state index contributed by atoms with van der Waals surface area (Å²) in [7, 11) is 4.02. The smallest absolute Gasteiger partial charge is 0.126 e. The SMILES string of the molecule is CNC(C)c1cc(F)c(C)cc1N(C)CCN1CCCC1. The highest BCUT2D eigenvalue weighted by Crippen LogP contribution is 2.28. The first-order chi connectivity index (χ1) is 10.0. The van der Waals surface area contributed by atoms with E-state index in [1.54, 1.807) is 6.07 Å². The summed E-state index contributed by atoms with van der Waals surface area (Å²) in [6.45, 7) is 8.41. The van der Waals surface area contributed by atoms with E-state index in [-0.39, 0.29) is 11.9 Å². The summed E-state index contributed by atoms with van der Waals surface area (Å²) in [5, 5.41) is 3.22. The maximum absolute atomic E-state index is 13.9. The van der Waals surface area contributed by atoms with Crippen molar-refractivity contribution in [1.82, 2.24) is 10.2 Å². The average molecular weight is 293 g/mol. The first kappa shape index (κ1) is 16.2. The van der Waals surface area contributed by atoms with Crippen molar-refractivity contribution in [2.75, 3.05) is 45.2 Å². The molecule has 0 radical (unpaired) electrons. The summed E-state index contributed by atoms with van der Waals surface area (Å²) in [4.78, 5) is 4.77. The van der Waals surface area contributed by atoms with Crippen LogP contribution < -0.4 is 10.2 Å². The highest BCUT2D eigenvalue weighted by atomic mass is 19.1. The second-order valence-electron chi connectivity index (χ2n) is 6.14. The molecule has 4 heteroatoms. The predicted octanol–water partition coefficient (Wildman–Crippen LogP) is 2.95. The van der Waals surface area contributed by atoms with Crippen LogP contribution in [-0.2, 0) is 0 Å². The molecule has 1 N–H and O–H groups in total. The molecular weight excluding hydrogens is 265 g/mol. The number of likely N-dealkylation sites (N-methyl/N-ethyl adjacent to an activating group) is 1. The Morgan fingerprint density at radius 1 is 1.33 bits per heavy atom. The Hall–Kier alpha value is -1.13. The molecule has 21 heavy (non-hydrogen) atoms. The van der Waals surface area contributed by atoms with Gasteiger partial charge in [0.2, 0.25) is 0 Å². The summed E-state index contributed by atoms with van der Waals surface area (Å²) in [5.41, 5.74) is 2.88. The standard InChI is InChI=1S/C17H28FN3/c1-13-11-17(15(12-16(13)18)14(2)19-3)20(4)9-10-21-7-5-6-8-21/h11-12,14,19H,5-10H2,1-4H3. The molecule has 1 saturated heterocycles. The molecule has 0 aliphatic carbocycles. The average Bonchev–Trinajstić information content (AvgIpc) is 2.99. The minimum atomic E-state index is -0.121. The Morgan fingerprint density at radius 2 is 2.00 bits per heavy atom. The Balaban J connectivity index is 2.13. The van der Waals surface area contributed by atoms with E-state index in [1.807, 2.05) is 20.0 Å². The fourth-order valence-electron chi connectivity index (χ4n) is 2.93. The summed E-state index contributed by atoms with van der Waals surface area (Å²) < 4.78 is 13.9. The van der Waals surface area contributed by atoms with Gasteiger partial charge in [-0.15, -0.1) is 0 Å². The lowest BCUT2D eigenvalue weighted by Crippen LogP contribution is -2.32. The van der Waals surface area contributed by atoms with Gasteiger partial charge >= 0.3 is 0 Å². The van der Waals surface area contributed by atoms with E-state index in [0.29, 0.717) is 5.56 Å². The first-order valence-electron chi connectivity index (χ1n) is 7.93. The van der Waals surface area contributed by atoms with Gasteiger partial charge in [-0.1, -0.05) is 0 Å². The zero-order valence-electron chi connectivity index (χ0n) is 13.7. The van der Waals surface area contributed by atoms with E-state index in [2.05, 4.69) is 29.1 Å². The van der Waals surface area contributed by atoms with Gasteiger partial charge in [0, 0.05) is 31.9 Å². The monoisotopic (exact) mass is 293 g/mol. The molecule has 1 fully saturated rings. The van der Waals surface area contributed by atoms with Crippen molar-refractivity contribution >= 4 is 5.69 Å². The van der Waals surface area contributed by atoms with Crippen molar-refractivity contribution in [2.24, 2.45) is 0 Å². The molecule has 1 aliphatic heterocycles. The van der Waals surface area contributed by atoms with Crippen LogP contribution in [0.5, 0.6) is 0 Å². The number of aryl methyl sites for hydroxylation is 1. The van der Waals surface area contributed by atoms with Gasteiger partial charge in [0.15, 0.2) is 0 Å². The normalized spacial score (nSPS) is 17.2. The zero-order valence-corrected chi connectivity index (χ0v) is 13.7. The number of nitrogens with one attached hydrogen (secondary N) is 1. The second-order valence-corrected chi connectivity index (χ2v) is 6.14. The Bertz CT molecular complexity index is 469. The predicted molar refractivity (Wildman–Crippen MR) is 87.6 cm³/mol. The molecule has 0 amide bonds. The van der Waals surface area contributed by atoms with Crippen LogP contribution in [0.1, 0.15) is 36.9 Å². The largest absolute Gasteiger partial charge is 0.373 e. The van der Waals surface area contributed by atoms with E-state index in [1.165, 1.54) is 25.9 Å². The third-order valence-corrected chi connectivity index (χ3v) is 4.57. The summed E-state index contributed by atoms with van der Waals surface area (Å²) >= 11 is 0. The number of likely N-dealkylation sites (tertiary alicyclic amines) is 1. The van der Waals surface area contributed by atoms with Crippen LogP contribution in [0.4, 0.5) is 10.1 Å². The molecule has 1 unspecified atom stereocenters. The number of nitrogens with zero attached hydrogens (tertiary/aromatic N) is 2. The van der Waals surface area contributed by atoms with Crippen LogP contribution in [0.2, 0.25) is 0 Å². The zero-order chi connectivity index (χ0) is 15.4. The molecule has 1 aromatic carbocycles. The van der Waals surface area contributed by atoms with Gasteiger partial charge in [0.1, 0.15) is 5.82 Å². The highest BCUT2D eigenvalue weighted by molar-refractivity contribution is 5.56. The van der Waals surface area contributed by atoms with Crippen LogP contribution in [0.15, 0.2) is 12.1 Å². The molecule has 0 spiro atoms. The van der Waals surface area contributed by atoms with Crippen LogP contribution >= 0.6 is 0 Å². The lowest BCUT2D eigenvalue weighted by atomic mass is 10.0. The van der Waals surface area contributed by atoms with E-state index >= 15 is 0 Å². The van der Waals surface area contributed by atoms with Gasteiger partial charge in [-0.05, 0) is 70.1 Å². The molecule has 0 saturated carbocycles. The third kappa shape index (κ3) is 3.95. The van der Waals surface area contributed by atoms with E-state index in [9.17, 15) is 4.39 Å². The molecular formula is C17H28FN3. The number of benzene rings is 1. The quantitative estimate of drug-likeness (QED) is 0.870. The number of anilines is 1. The molecule has 3 nitrogen and oxygen atoms in total. The van der Waals surface area contributed by atoms with Crippen LogP contribution in [0.3, 0.4) is 0 Å². The summed E-state index contributed by atoms with van der Waals surface area (Å²) in [6, 6.07) is 3.80. The van der Waals surface area contributed by atoms with Crippen LogP contribution in [0, 0.1) is 12.7 Å². The second kappa shape index (κ2) is 7.23. The molecule has 1 aromatic rings. The number of halogens is 1. The molecule has 2 rings (SSSR count). The van der Waals surface area contributed by atoms with Crippen LogP contribution in [-0.4, -0.2) is 45.2 Å². The molecule has 0 bridgehead atoms. The van der Waals surface area contributed by atoms with E-state index in [4.69, 9.17) is 0 Å². The topological polar surface area (TPSA) is 18.5 Å². The van der Waals surface area contributed by atoms with Crippen molar-refractivity contribution in [3.05, 3.63) is 29.1 Å². The summed E-state index contributed by atoms with van der Waals surface area (Å²) in [5.74, 6) is -0.121. The lowest BCUT2D eigenvalue weighted by molar-refractivity contribution is 0.346. The maximum atomic E-state index is 13.9. The first-order valence-corrected chi connectivity index (χ1v) is 7.93. The van der Waals surface area contributed by atoms with Crippen LogP contribution in [0.25, 0.3) is 0 Å². The van der Waals surface area contributed by atoms with Gasteiger partial charge in [-0.3, -0.25) is 0 Å². The molecule has 1 aliphatic rings. The van der Waals surface area contributed by atoms with Crippen molar-refractivity contribution in [3.63, 3.8) is 0 Å². The van der Waals surface area contributed by atoms with E-state index in [0.717, 1.165) is 24.3 Å². The fraction of sp³-hybridized carbons (Fsp3) is 0.647. The van der Waals surface area contributed by atoms with Gasteiger partial charge in [0.25, 0.3) is 0 Å². The molecule has 0 aromatic heterocycles. The summed E-state index contributed by atoms with van der Waals surface area (Å²) in [6.07, 6.45) is 2.64. The van der Waals surface area contributed by atoms with Gasteiger partial charge in [-0.2, -0.15) is 0 Å². The maximum Gasteiger partial charge on any atom is 0.126 e. The number of hydrogen-bond donors (Lipinski definition) is 1. The Morgan fingerprint density at radius 3 is 2.62 bits per heavy atom. The molecule has 1 heterocycles. The lowest BCUT2D eigenvalue weighted by Gasteiger charge is -2.27. The number of hydrogen-bond acceptors (Lipinski definition) is 3. The third-order valence-electron chi connectivity index (χ3n) is 4.57. The highest BCUT2D eigenvalue weighted by Gasteiger charge is 2.17. The Kier molecular flexibility index (Phi) is 5.59. The van der Waals surface area contributed by atoms with Crippen molar-refractivity contribution < 1.29 is 4.39 Å². The van der Waals surface area contributed by atoms with Gasteiger partial charge in [0.05, 0.1) is 0 Å². The van der Waals surface area contributed by atoms with Crippen molar-refractivity contribution in [2.45, 2.75) is 32.7 Å². The molecule has 118 valence electrons. The van der Waals surface area contributed by atoms with Gasteiger partial charge < -0.3 is 15.1 Å². The fourth-order valence-corrected chi connectivity index (χ4v) is 2.93. The van der Waals surface area contributed by atoms with Crippen molar-refractivity contribution in [1.29, 1.82) is 0 Å². The van der Waals surface area contributed by atoms with E-state index < -0.39 is 0 Å².